The average molecular weight is 164 g/mol. The SMILES string of the molecule is C#CCCC(C)CCC(=C)CC. The van der Waals surface area contributed by atoms with Crippen molar-refractivity contribution in [2.24, 2.45) is 5.92 Å². The molecule has 0 fully saturated rings. The quantitative estimate of drug-likeness (QED) is 0.414. The average Bonchev–Trinajstić information content (AvgIpc) is 2.10. The van der Waals surface area contributed by atoms with Crippen LogP contribution >= 0.6 is 0 Å². The summed E-state index contributed by atoms with van der Waals surface area (Å²) < 4.78 is 0. The standard InChI is InChI=1S/C12H20/c1-5-7-8-12(4)10-9-11(3)6-2/h1,12H,3,6-10H2,2,4H3. The van der Waals surface area contributed by atoms with Crippen LogP contribution < -0.4 is 0 Å². The van der Waals surface area contributed by atoms with Crippen LogP contribution in [0.15, 0.2) is 12.2 Å². The first-order valence-electron chi connectivity index (χ1n) is 4.80. The second-order valence-corrected chi connectivity index (χ2v) is 3.49. The fourth-order valence-electron chi connectivity index (χ4n) is 1.10. The number of terminal acetylenes is 1. The molecule has 0 bridgehead atoms. The normalized spacial score (nSPS) is 12.1. The summed E-state index contributed by atoms with van der Waals surface area (Å²) in [5.74, 6) is 3.43. The summed E-state index contributed by atoms with van der Waals surface area (Å²) in [5.41, 5.74) is 1.36. The molecule has 0 heteroatoms. The van der Waals surface area contributed by atoms with Gasteiger partial charge in [-0.25, -0.2) is 0 Å². The predicted octanol–water partition coefficient (Wildman–Crippen LogP) is 3.78. The first-order valence-corrected chi connectivity index (χ1v) is 4.80. The van der Waals surface area contributed by atoms with Gasteiger partial charge in [0.15, 0.2) is 0 Å². The van der Waals surface area contributed by atoms with Gasteiger partial charge in [0.1, 0.15) is 0 Å². The lowest BCUT2D eigenvalue weighted by molar-refractivity contribution is 0.497. The van der Waals surface area contributed by atoms with Gasteiger partial charge in [-0.3, -0.25) is 0 Å². The zero-order valence-corrected chi connectivity index (χ0v) is 8.40. The number of allylic oxidation sites excluding steroid dienone is 1. The lowest BCUT2D eigenvalue weighted by atomic mass is 9.97. The second-order valence-electron chi connectivity index (χ2n) is 3.49. The van der Waals surface area contributed by atoms with Crippen molar-refractivity contribution in [2.75, 3.05) is 0 Å². The molecule has 68 valence electrons. The molecule has 0 aliphatic rings. The monoisotopic (exact) mass is 164 g/mol. The van der Waals surface area contributed by atoms with E-state index in [1.807, 2.05) is 0 Å². The Kier molecular flexibility index (Phi) is 6.57. The van der Waals surface area contributed by atoms with Gasteiger partial charge < -0.3 is 0 Å². The van der Waals surface area contributed by atoms with Crippen LogP contribution in [0.2, 0.25) is 0 Å². The van der Waals surface area contributed by atoms with Crippen LogP contribution in [-0.2, 0) is 0 Å². The lowest BCUT2D eigenvalue weighted by Crippen LogP contribution is -1.94. The van der Waals surface area contributed by atoms with E-state index >= 15 is 0 Å². The van der Waals surface area contributed by atoms with Crippen molar-refractivity contribution in [2.45, 2.75) is 46.0 Å². The maximum Gasteiger partial charge on any atom is 0.00885 e. The van der Waals surface area contributed by atoms with Crippen molar-refractivity contribution in [3.05, 3.63) is 12.2 Å². The topological polar surface area (TPSA) is 0 Å². The van der Waals surface area contributed by atoms with E-state index in [4.69, 9.17) is 6.42 Å². The molecular weight excluding hydrogens is 144 g/mol. The molecule has 0 amide bonds. The van der Waals surface area contributed by atoms with Gasteiger partial charge in [0, 0.05) is 6.42 Å². The summed E-state index contributed by atoms with van der Waals surface area (Å²) in [7, 11) is 0. The van der Waals surface area contributed by atoms with E-state index < -0.39 is 0 Å². The van der Waals surface area contributed by atoms with Crippen molar-refractivity contribution in [1.29, 1.82) is 0 Å². The van der Waals surface area contributed by atoms with Crippen LogP contribution in [0.1, 0.15) is 46.0 Å². The Morgan fingerprint density at radius 1 is 1.50 bits per heavy atom. The Morgan fingerprint density at radius 2 is 2.17 bits per heavy atom. The molecule has 0 radical (unpaired) electrons. The predicted molar refractivity (Wildman–Crippen MR) is 55.9 cm³/mol. The molecule has 0 aliphatic heterocycles. The summed E-state index contributed by atoms with van der Waals surface area (Å²) in [6.07, 6.45) is 10.8. The van der Waals surface area contributed by atoms with E-state index in [0.29, 0.717) is 0 Å². The molecular formula is C12H20. The summed E-state index contributed by atoms with van der Waals surface area (Å²) >= 11 is 0. The van der Waals surface area contributed by atoms with Crippen LogP contribution in [-0.4, -0.2) is 0 Å². The molecule has 0 aromatic heterocycles. The van der Waals surface area contributed by atoms with Crippen LogP contribution in [0, 0.1) is 18.3 Å². The van der Waals surface area contributed by atoms with Crippen molar-refractivity contribution in [3.8, 4) is 12.3 Å². The molecule has 1 unspecified atom stereocenters. The minimum atomic E-state index is 0.754. The number of hydrogen-bond donors (Lipinski definition) is 0. The largest absolute Gasteiger partial charge is 0.120 e. The van der Waals surface area contributed by atoms with E-state index in [0.717, 1.165) is 25.2 Å². The molecule has 0 N–H and O–H groups in total. The third-order valence-electron chi connectivity index (χ3n) is 2.27. The van der Waals surface area contributed by atoms with Crippen molar-refractivity contribution >= 4 is 0 Å². The van der Waals surface area contributed by atoms with E-state index in [2.05, 4.69) is 26.3 Å². The van der Waals surface area contributed by atoms with E-state index in [1.54, 1.807) is 0 Å². The Balaban J connectivity index is 3.38. The first kappa shape index (κ1) is 11.3. The minimum Gasteiger partial charge on any atom is -0.120 e. The fourth-order valence-corrected chi connectivity index (χ4v) is 1.10. The molecule has 0 aromatic rings. The highest BCUT2D eigenvalue weighted by Crippen LogP contribution is 2.16. The van der Waals surface area contributed by atoms with Crippen molar-refractivity contribution in [1.82, 2.24) is 0 Å². The first-order chi connectivity index (χ1) is 5.70. The van der Waals surface area contributed by atoms with Crippen LogP contribution in [0.3, 0.4) is 0 Å². The number of hydrogen-bond acceptors (Lipinski definition) is 0. The molecule has 12 heavy (non-hydrogen) atoms. The summed E-state index contributed by atoms with van der Waals surface area (Å²) in [4.78, 5) is 0. The Bertz CT molecular complexity index is 159. The zero-order chi connectivity index (χ0) is 9.40. The van der Waals surface area contributed by atoms with Gasteiger partial charge in [-0.1, -0.05) is 26.0 Å². The number of rotatable bonds is 6. The Hall–Kier alpha value is -0.700. The summed E-state index contributed by atoms with van der Waals surface area (Å²) in [5, 5.41) is 0. The third-order valence-corrected chi connectivity index (χ3v) is 2.27. The molecule has 0 nitrogen and oxygen atoms in total. The zero-order valence-electron chi connectivity index (χ0n) is 8.40. The van der Waals surface area contributed by atoms with Gasteiger partial charge >= 0.3 is 0 Å². The molecule has 0 rings (SSSR count). The maximum atomic E-state index is 5.19. The van der Waals surface area contributed by atoms with Crippen LogP contribution in [0.5, 0.6) is 0 Å². The van der Waals surface area contributed by atoms with E-state index in [9.17, 15) is 0 Å². The Labute approximate surface area is 77.1 Å². The van der Waals surface area contributed by atoms with E-state index in [-0.39, 0.29) is 0 Å². The van der Waals surface area contributed by atoms with Gasteiger partial charge in [0.05, 0.1) is 0 Å². The highest BCUT2D eigenvalue weighted by Gasteiger charge is 2.01. The van der Waals surface area contributed by atoms with Gasteiger partial charge in [0.2, 0.25) is 0 Å². The summed E-state index contributed by atoms with van der Waals surface area (Å²) in [6, 6.07) is 0. The molecule has 0 aromatic carbocycles. The molecule has 0 heterocycles. The molecule has 0 saturated carbocycles. The van der Waals surface area contributed by atoms with Gasteiger partial charge in [-0.15, -0.1) is 12.3 Å². The molecule has 0 aliphatic carbocycles. The highest BCUT2D eigenvalue weighted by molar-refractivity contribution is 4.92. The van der Waals surface area contributed by atoms with Crippen molar-refractivity contribution in [3.63, 3.8) is 0 Å². The maximum absolute atomic E-state index is 5.19. The van der Waals surface area contributed by atoms with Crippen molar-refractivity contribution < 1.29 is 0 Å². The molecule has 0 saturated heterocycles. The highest BCUT2D eigenvalue weighted by atomic mass is 14.1. The smallest absolute Gasteiger partial charge is 0.00885 e. The van der Waals surface area contributed by atoms with Gasteiger partial charge in [-0.05, 0) is 31.6 Å². The minimum absolute atomic E-state index is 0.754. The Morgan fingerprint density at radius 3 is 2.67 bits per heavy atom. The lowest BCUT2D eigenvalue weighted by Gasteiger charge is -2.09. The fraction of sp³-hybridized carbons (Fsp3) is 0.667. The molecule has 0 spiro atoms. The second kappa shape index (κ2) is 6.98. The van der Waals surface area contributed by atoms with Crippen LogP contribution in [0.4, 0.5) is 0 Å². The molecule has 1 atom stereocenters. The van der Waals surface area contributed by atoms with Gasteiger partial charge in [0.25, 0.3) is 0 Å². The third kappa shape index (κ3) is 6.04. The summed E-state index contributed by atoms with van der Waals surface area (Å²) in [6.45, 7) is 8.41. The van der Waals surface area contributed by atoms with Gasteiger partial charge in [-0.2, -0.15) is 0 Å². The van der Waals surface area contributed by atoms with Crippen LogP contribution in [0.25, 0.3) is 0 Å². The van der Waals surface area contributed by atoms with E-state index in [1.165, 1.54) is 18.4 Å².